The van der Waals surface area contributed by atoms with Crippen molar-refractivity contribution in [1.82, 2.24) is 5.32 Å². The van der Waals surface area contributed by atoms with Gasteiger partial charge in [0.25, 0.3) is 0 Å². The van der Waals surface area contributed by atoms with Gasteiger partial charge in [0, 0.05) is 11.0 Å². The summed E-state index contributed by atoms with van der Waals surface area (Å²) >= 11 is 2.27. The van der Waals surface area contributed by atoms with Gasteiger partial charge >= 0.3 is 0 Å². The predicted octanol–water partition coefficient (Wildman–Crippen LogP) is 2.31. The number of amides is 1. The Morgan fingerprint density at radius 1 is 1.33 bits per heavy atom. The van der Waals surface area contributed by atoms with Gasteiger partial charge in [0.2, 0.25) is 5.91 Å². The minimum absolute atomic E-state index is 0.00791. The minimum Gasteiger partial charge on any atom is -0.356 e. The molecular formula is C11H13FINO. The summed E-state index contributed by atoms with van der Waals surface area (Å²) in [6.45, 7) is 0.711. The molecule has 0 fully saturated rings. The Morgan fingerprint density at radius 3 is 2.60 bits per heavy atom. The van der Waals surface area contributed by atoms with E-state index in [9.17, 15) is 9.18 Å². The van der Waals surface area contributed by atoms with Crippen LogP contribution in [0.5, 0.6) is 0 Å². The highest BCUT2D eigenvalue weighted by Crippen LogP contribution is 2.03. The van der Waals surface area contributed by atoms with Crippen molar-refractivity contribution >= 4 is 28.5 Å². The molecule has 0 aromatic heterocycles. The molecule has 1 aromatic rings. The monoisotopic (exact) mass is 321 g/mol. The van der Waals surface area contributed by atoms with E-state index in [1.807, 2.05) is 0 Å². The Balaban J connectivity index is 2.34. The van der Waals surface area contributed by atoms with Crippen molar-refractivity contribution in [3.05, 3.63) is 35.6 Å². The molecule has 2 nitrogen and oxygen atoms in total. The van der Waals surface area contributed by atoms with Gasteiger partial charge in [0.05, 0.1) is 6.42 Å². The summed E-state index contributed by atoms with van der Waals surface area (Å²) < 4.78 is 13.6. The average Bonchev–Trinajstić information content (AvgIpc) is 2.22. The maximum Gasteiger partial charge on any atom is 0.224 e. The van der Waals surface area contributed by atoms with E-state index in [1.165, 1.54) is 12.1 Å². The fraction of sp³-hybridized carbons (Fsp3) is 0.364. The smallest absolute Gasteiger partial charge is 0.224 e. The van der Waals surface area contributed by atoms with E-state index in [0.29, 0.717) is 13.0 Å². The van der Waals surface area contributed by atoms with Crippen molar-refractivity contribution in [3.63, 3.8) is 0 Å². The van der Waals surface area contributed by atoms with E-state index < -0.39 is 0 Å². The number of rotatable bonds is 5. The van der Waals surface area contributed by atoms with Crippen LogP contribution in [-0.2, 0) is 11.2 Å². The number of carbonyl (C=O) groups is 1. The highest BCUT2D eigenvalue weighted by atomic mass is 127. The predicted molar refractivity (Wildman–Crippen MR) is 66.6 cm³/mol. The van der Waals surface area contributed by atoms with Crippen molar-refractivity contribution in [3.8, 4) is 0 Å². The van der Waals surface area contributed by atoms with Gasteiger partial charge in [-0.1, -0.05) is 34.7 Å². The highest BCUT2D eigenvalue weighted by molar-refractivity contribution is 14.1. The lowest BCUT2D eigenvalue weighted by atomic mass is 10.1. The highest BCUT2D eigenvalue weighted by Gasteiger charge is 2.02. The SMILES string of the molecule is O=C(Cc1ccc(F)cc1)NCCCI. The molecule has 1 N–H and O–H groups in total. The fourth-order valence-corrected chi connectivity index (χ4v) is 1.53. The molecule has 0 unspecified atom stereocenters. The first-order chi connectivity index (χ1) is 7.22. The Hall–Kier alpha value is -0.650. The van der Waals surface area contributed by atoms with Gasteiger partial charge in [-0.2, -0.15) is 0 Å². The molecule has 1 rings (SSSR count). The van der Waals surface area contributed by atoms with E-state index in [2.05, 4.69) is 27.9 Å². The molecular weight excluding hydrogens is 308 g/mol. The van der Waals surface area contributed by atoms with Crippen LogP contribution < -0.4 is 5.32 Å². The van der Waals surface area contributed by atoms with Gasteiger partial charge in [-0.15, -0.1) is 0 Å². The lowest BCUT2D eigenvalue weighted by Crippen LogP contribution is -2.26. The number of alkyl halides is 1. The lowest BCUT2D eigenvalue weighted by molar-refractivity contribution is -0.120. The molecule has 0 bridgehead atoms. The second-order valence-electron chi connectivity index (χ2n) is 3.20. The summed E-state index contributed by atoms with van der Waals surface area (Å²) in [6.07, 6.45) is 1.30. The van der Waals surface area contributed by atoms with Crippen molar-refractivity contribution < 1.29 is 9.18 Å². The normalized spacial score (nSPS) is 10.0. The molecule has 1 aromatic carbocycles. The fourth-order valence-electron chi connectivity index (χ4n) is 1.14. The van der Waals surface area contributed by atoms with Crippen LogP contribution in [0.3, 0.4) is 0 Å². The molecule has 0 aliphatic rings. The molecule has 82 valence electrons. The second kappa shape index (κ2) is 6.76. The second-order valence-corrected chi connectivity index (χ2v) is 4.27. The van der Waals surface area contributed by atoms with E-state index in [-0.39, 0.29) is 11.7 Å². The van der Waals surface area contributed by atoms with Crippen LogP contribution >= 0.6 is 22.6 Å². The number of carbonyl (C=O) groups excluding carboxylic acids is 1. The number of nitrogens with one attached hydrogen (secondary N) is 1. The zero-order valence-electron chi connectivity index (χ0n) is 8.30. The number of hydrogen-bond donors (Lipinski definition) is 1. The van der Waals surface area contributed by atoms with Crippen LogP contribution in [0.2, 0.25) is 0 Å². The van der Waals surface area contributed by atoms with Crippen LogP contribution in [0.15, 0.2) is 24.3 Å². The summed E-state index contributed by atoms with van der Waals surface area (Å²) in [6, 6.07) is 6.00. The first-order valence-corrected chi connectivity index (χ1v) is 6.32. The third-order valence-corrected chi connectivity index (χ3v) is 2.67. The van der Waals surface area contributed by atoms with Crippen molar-refractivity contribution in [2.75, 3.05) is 11.0 Å². The molecule has 0 atom stereocenters. The molecule has 0 aliphatic heterocycles. The van der Waals surface area contributed by atoms with Crippen LogP contribution in [-0.4, -0.2) is 16.9 Å². The summed E-state index contributed by atoms with van der Waals surface area (Å²) in [4.78, 5) is 11.4. The Kier molecular flexibility index (Phi) is 5.60. The van der Waals surface area contributed by atoms with Crippen molar-refractivity contribution in [2.24, 2.45) is 0 Å². The summed E-state index contributed by atoms with van der Waals surface area (Å²) in [5.41, 5.74) is 0.836. The van der Waals surface area contributed by atoms with Crippen molar-refractivity contribution in [1.29, 1.82) is 0 Å². The van der Waals surface area contributed by atoms with Crippen LogP contribution in [0, 0.1) is 5.82 Å². The summed E-state index contributed by atoms with van der Waals surface area (Å²) in [5.74, 6) is -0.282. The molecule has 0 radical (unpaired) electrons. The first kappa shape index (κ1) is 12.4. The van der Waals surface area contributed by atoms with Crippen LogP contribution in [0.1, 0.15) is 12.0 Å². The molecule has 1 amide bonds. The molecule has 0 saturated heterocycles. The molecule has 15 heavy (non-hydrogen) atoms. The third-order valence-electron chi connectivity index (χ3n) is 1.91. The first-order valence-electron chi connectivity index (χ1n) is 4.79. The molecule has 0 spiro atoms. The van der Waals surface area contributed by atoms with E-state index in [1.54, 1.807) is 12.1 Å². The van der Waals surface area contributed by atoms with E-state index in [4.69, 9.17) is 0 Å². The van der Waals surface area contributed by atoms with Crippen LogP contribution in [0.4, 0.5) is 4.39 Å². The Morgan fingerprint density at radius 2 is 2.00 bits per heavy atom. The zero-order valence-corrected chi connectivity index (χ0v) is 10.5. The lowest BCUT2D eigenvalue weighted by Gasteiger charge is -2.03. The van der Waals surface area contributed by atoms with E-state index >= 15 is 0 Å². The maximum atomic E-state index is 12.6. The van der Waals surface area contributed by atoms with E-state index in [0.717, 1.165) is 16.4 Å². The number of hydrogen-bond acceptors (Lipinski definition) is 1. The Labute approximate surface area is 102 Å². The minimum atomic E-state index is -0.274. The van der Waals surface area contributed by atoms with Gasteiger partial charge in [0.1, 0.15) is 5.82 Å². The average molecular weight is 321 g/mol. The molecule has 4 heteroatoms. The largest absolute Gasteiger partial charge is 0.356 e. The standard InChI is InChI=1S/C11H13FINO/c12-10-4-2-9(3-5-10)8-11(15)14-7-1-6-13/h2-5H,1,6-8H2,(H,14,15). The number of benzene rings is 1. The number of halogens is 2. The topological polar surface area (TPSA) is 29.1 Å². The third kappa shape index (κ3) is 5.11. The van der Waals surface area contributed by atoms with Gasteiger partial charge < -0.3 is 5.32 Å². The summed E-state index contributed by atoms with van der Waals surface area (Å²) in [5, 5.41) is 2.81. The van der Waals surface area contributed by atoms with Gasteiger partial charge in [-0.3, -0.25) is 4.79 Å². The summed E-state index contributed by atoms with van der Waals surface area (Å²) in [7, 11) is 0. The molecule has 0 aliphatic carbocycles. The Bertz CT molecular complexity index is 313. The van der Waals surface area contributed by atoms with Gasteiger partial charge in [-0.25, -0.2) is 4.39 Å². The van der Waals surface area contributed by atoms with Gasteiger partial charge in [-0.05, 0) is 24.1 Å². The van der Waals surface area contributed by atoms with Gasteiger partial charge in [0.15, 0.2) is 0 Å². The van der Waals surface area contributed by atoms with Crippen molar-refractivity contribution in [2.45, 2.75) is 12.8 Å². The molecule has 0 heterocycles. The van der Waals surface area contributed by atoms with Crippen LogP contribution in [0.25, 0.3) is 0 Å². The maximum absolute atomic E-state index is 12.6. The zero-order chi connectivity index (χ0) is 11.1. The molecule has 0 saturated carbocycles. The quantitative estimate of drug-likeness (QED) is 0.503.